The molecule has 0 unspecified atom stereocenters. The Morgan fingerprint density at radius 1 is 1.11 bits per heavy atom. The first-order valence-electron chi connectivity index (χ1n) is 5.74. The minimum atomic E-state index is 0.239. The molecule has 0 aliphatic rings. The van der Waals surface area contributed by atoms with Gasteiger partial charge in [0, 0.05) is 18.0 Å². The third-order valence-electron chi connectivity index (χ3n) is 2.97. The van der Waals surface area contributed by atoms with Crippen molar-refractivity contribution in [2.45, 2.75) is 6.54 Å². The molecule has 0 atom stereocenters. The summed E-state index contributed by atoms with van der Waals surface area (Å²) in [6, 6.07) is 13.1. The van der Waals surface area contributed by atoms with Gasteiger partial charge in [-0.1, -0.05) is 12.1 Å². The second-order valence-corrected chi connectivity index (χ2v) is 4.17. The third-order valence-corrected chi connectivity index (χ3v) is 2.97. The van der Waals surface area contributed by atoms with Crippen LogP contribution in [0.3, 0.4) is 0 Å². The van der Waals surface area contributed by atoms with Crippen LogP contribution in [0.5, 0.6) is 5.75 Å². The summed E-state index contributed by atoms with van der Waals surface area (Å²) in [7, 11) is 0. The van der Waals surface area contributed by atoms with Crippen LogP contribution in [-0.4, -0.2) is 14.9 Å². The van der Waals surface area contributed by atoms with Gasteiger partial charge in [-0.05, 0) is 29.8 Å². The Labute approximate surface area is 104 Å². The van der Waals surface area contributed by atoms with Crippen molar-refractivity contribution < 1.29 is 5.11 Å². The number of benzene rings is 2. The molecule has 0 spiro atoms. The first-order chi connectivity index (χ1) is 8.78. The average Bonchev–Trinajstić information content (AvgIpc) is 2.82. The van der Waals surface area contributed by atoms with Gasteiger partial charge in [-0.15, -0.1) is 0 Å². The molecule has 3 aromatic rings. The summed E-state index contributed by atoms with van der Waals surface area (Å²) >= 11 is 0. The van der Waals surface area contributed by atoms with Crippen LogP contribution in [0.2, 0.25) is 0 Å². The van der Waals surface area contributed by atoms with Gasteiger partial charge in [0.05, 0.1) is 17.4 Å². The molecule has 90 valence electrons. The van der Waals surface area contributed by atoms with Gasteiger partial charge < -0.3 is 10.8 Å². The Hall–Kier alpha value is -2.33. The molecule has 3 rings (SSSR count). The maximum absolute atomic E-state index is 9.54. The van der Waals surface area contributed by atoms with Gasteiger partial charge in [-0.25, -0.2) is 4.68 Å². The zero-order chi connectivity index (χ0) is 12.5. The van der Waals surface area contributed by atoms with Crippen LogP contribution >= 0.6 is 0 Å². The van der Waals surface area contributed by atoms with Crippen molar-refractivity contribution in [2.75, 3.05) is 0 Å². The summed E-state index contributed by atoms with van der Waals surface area (Å²) in [6.07, 6.45) is 1.78. The predicted octanol–water partition coefficient (Wildman–Crippen LogP) is 2.19. The zero-order valence-electron chi connectivity index (χ0n) is 9.74. The molecule has 1 aromatic heterocycles. The number of phenols is 1. The highest BCUT2D eigenvalue weighted by Crippen LogP contribution is 2.22. The molecule has 0 aliphatic heterocycles. The lowest BCUT2D eigenvalue weighted by molar-refractivity contribution is 0.476. The van der Waals surface area contributed by atoms with E-state index < -0.39 is 0 Å². The van der Waals surface area contributed by atoms with Crippen LogP contribution in [0.1, 0.15) is 5.56 Å². The second kappa shape index (κ2) is 4.16. The summed E-state index contributed by atoms with van der Waals surface area (Å²) < 4.78 is 1.80. The van der Waals surface area contributed by atoms with E-state index in [4.69, 9.17) is 5.73 Å². The standard InChI is InChI=1S/C14H13N3O/c15-8-10-1-4-12(5-2-10)17-14-7-13(18)6-3-11(14)9-16-17/h1-7,9,18H,8,15H2. The molecule has 4 heteroatoms. The molecule has 0 amide bonds. The van der Waals surface area contributed by atoms with Crippen LogP contribution in [0.4, 0.5) is 0 Å². The molecule has 0 radical (unpaired) electrons. The van der Waals surface area contributed by atoms with Gasteiger partial charge in [0.1, 0.15) is 5.75 Å². The lowest BCUT2D eigenvalue weighted by atomic mass is 10.2. The minimum Gasteiger partial charge on any atom is -0.508 e. The summed E-state index contributed by atoms with van der Waals surface area (Å²) in [4.78, 5) is 0. The van der Waals surface area contributed by atoms with E-state index >= 15 is 0 Å². The monoisotopic (exact) mass is 239 g/mol. The lowest BCUT2D eigenvalue weighted by Gasteiger charge is -2.05. The number of hydrogen-bond acceptors (Lipinski definition) is 3. The summed E-state index contributed by atoms with van der Waals surface area (Å²) in [5.41, 5.74) is 8.49. The van der Waals surface area contributed by atoms with E-state index in [0.29, 0.717) is 6.54 Å². The smallest absolute Gasteiger partial charge is 0.117 e. The fraction of sp³-hybridized carbons (Fsp3) is 0.0714. The van der Waals surface area contributed by atoms with Gasteiger partial charge in [0.25, 0.3) is 0 Å². The highest BCUT2D eigenvalue weighted by Gasteiger charge is 2.05. The second-order valence-electron chi connectivity index (χ2n) is 4.17. The van der Waals surface area contributed by atoms with Crippen LogP contribution in [0, 0.1) is 0 Å². The van der Waals surface area contributed by atoms with E-state index in [-0.39, 0.29) is 5.75 Å². The van der Waals surface area contributed by atoms with Crippen molar-refractivity contribution in [3.63, 3.8) is 0 Å². The number of phenolic OH excluding ortho intramolecular Hbond substituents is 1. The first-order valence-corrected chi connectivity index (χ1v) is 5.74. The van der Waals surface area contributed by atoms with Gasteiger partial charge in [-0.3, -0.25) is 0 Å². The lowest BCUT2D eigenvalue weighted by Crippen LogP contribution is -1.99. The molecule has 18 heavy (non-hydrogen) atoms. The quantitative estimate of drug-likeness (QED) is 0.720. The van der Waals surface area contributed by atoms with Crippen molar-refractivity contribution in [2.24, 2.45) is 5.73 Å². The molecule has 2 aromatic carbocycles. The number of nitrogens with zero attached hydrogens (tertiary/aromatic N) is 2. The number of rotatable bonds is 2. The maximum atomic E-state index is 9.54. The molecule has 0 aliphatic carbocycles. The van der Waals surface area contributed by atoms with Gasteiger partial charge in [0.15, 0.2) is 0 Å². The van der Waals surface area contributed by atoms with Crippen LogP contribution in [0.25, 0.3) is 16.6 Å². The van der Waals surface area contributed by atoms with Gasteiger partial charge >= 0.3 is 0 Å². The van der Waals surface area contributed by atoms with Crippen molar-refractivity contribution in [3.05, 3.63) is 54.2 Å². The SMILES string of the molecule is NCc1ccc(-n2ncc3ccc(O)cc32)cc1. The van der Waals surface area contributed by atoms with Crippen molar-refractivity contribution in [3.8, 4) is 11.4 Å². The Morgan fingerprint density at radius 2 is 1.89 bits per heavy atom. The molecule has 0 bridgehead atoms. The molecular weight excluding hydrogens is 226 g/mol. The topological polar surface area (TPSA) is 64.1 Å². The van der Waals surface area contributed by atoms with Crippen molar-refractivity contribution in [1.29, 1.82) is 0 Å². The largest absolute Gasteiger partial charge is 0.508 e. The zero-order valence-corrected chi connectivity index (χ0v) is 9.74. The Balaban J connectivity index is 2.15. The highest BCUT2D eigenvalue weighted by atomic mass is 16.3. The van der Waals surface area contributed by atoms with Crippen molar-refractivity contribution >= 4 is 10.9 Å². The Morgan fingerprint density at radius 3 is 2.61 bits per heavy atom. The van der Waals surface area contributed by atoms with Gasteiger partial charge in [-0.2, -0.15) is 5.10 Å². The third kappa shape index (κ3) is 1.72. The minimum absolute atomic E-state index is 0.239. The molecule has 1 heterocycles. The van der Waals surface area contributed by atoms with Crippen LogP contribution < -0.4 is 5.73 Å². The molecular formula is C14H13N3O. The summed E-state index contributed by atoms with van der Waals surface area (Å²) in [6.45, 7) is 0.529. The first kappa shape index (κ1) is 10.8. The number of fused-ring (bicyclic) bond motifs is 1. The number of hydrogen-bond donors (Lipinski definition) is 2. The van der Waals surface area contributed by atoms with E-state index in [1.54, 1.807) is 23.0 Å². The normalized spacial score (nSPS) is 10.9. The average molecular weight is 239 g/mol. The Kier molecular flexibility index (Phi) is 2.50. The van der Waals surface area contributed by atoms with Crippen LogP contribution in [-0.2, 0) is 6.54 Å². The fourth-order valence-corrected chi connectivity index (χ4v) is 1.99. The highest BCUT2D eigenvalue weighted by molar-refractivity contribution is 5.81. The molecule has 3 N–H and O–H groups in total. The Bertz CT molecular complexity index is 686. The van der Waals surface area contributed by atoms with E-state index in [1.165, 1.54) is 0 Å². The number of nitrogens with two attached hydrogens (primary N) is 1. The van der Waals surface area contributed by atoms with E-state index in [1.807, 2.05) is 30.3 Å². The fourth-order valence-electron chi connectivity index (χ4n) is 1.99. The number of aromatic nitrogens is 2. The van der Waals surface area contributed by atoms with Crippen molar-refractivity contribution in [1.82, 2.24) is 9.78 Å². The van der Waals surface area contributed by atoms with E-state index in [2.05, 4.69) is 5.10 Å². The summed E-state index contributed by atoms with van der Waals surface area (Å²) in [5, 5.41) is 14.9. The molecule has 0 saturated heterocycles. The van der Waals surface area contributed by atoms with Crippen LogP contribution in [0.15, 0.2) is 48.7 Å². The predicted molar refractivity (Wildman–Crippen MR) is 70.6 cm³/mol. The number of aromatic hydroxyl groups is 1. The molecule has 4 nitrogen and oxygen atoms in total. The summed E-state index contributed by atoms with van der Waals surface area (Å²) in [5.74, 6) is 0.239. The van der Waals surface area contributed by atoms with Gasteiger partial charge in [0.2, 0.25) is 0 Å². The van der Waals surface area contributed by atoms with E-state index in [0.717, 1.165) is 22.2 Å². The van der Waals surface area contributed by atoms with E-state index in [9.17, 15) is 5.11 Å². The maximum Gasteiger partial charge on any atom is 0.117 e. The molecule has 0 fully saturated rings. The molecule has 0 saturated carbocycles.